The number of aryl methyl sites for hydroxylation is 1. The first-order valence-corrected chi connectivity index (χ1v) is 8.71. The van der Waals surface area contributed by atoms with Crippen LogP contribution in [-0.4, -0.2) is 41.4 Å². The van der Waals surface area contributed by atoms with Crippen LogP contribution in [0.15, 0.2) is 29.1 Å². The quantitative estimate of drug-likeness (QED) is 0.829. The topological polar surface area (TPSA) is 76.5 Å². The number of piperidine rings is 1. The Morgan fingerprint density at radius 2 is 2.33 bits per heavy atom. The minimum absolute atomic E-state index is 0.0657. The van der Waals surface area contributed by atoms with Gasteiger partial charge < -0.3 is 4.74 Å². The zero-order valence-corrected chi connectivity index (χ0v) is 14.5. The Bertz CT molecular complexity index is 713. The monoisotopic (exact) mass is 348 g/mol. The van der Waals surface area contributed by atoms with Gasteiger partial charge in [0.05, 0.1) is 13.2 Å². The zero-order chi connectivity index (χ0) is 17.1. The summed E-state index contributed by atoms with van der Waals surface area (Å²) in [6.07, 6.45) is 3.33. The highest BCUT2D eigenvalue weighted by molar-refractivity contribution is 7.08. The van der Waals surface area contributed by atoms with E-state index in [9.17, 15) is 9.59 Å². The van der Waals surface area contributed by atoms with E-state index >= 15 is 0 Å². The third-order valence-electron chi connectivity index (χ3n) is 4.10. The number of methoxy groups -OCH3 is 1. The summed E-state index contributed by atoms with van der Waals surface area (Å²) in [6.45, 7) is 0.634. The third-order valence-corrected chi connectivity index (χ3v) is 4.80. The van der Waals surface area contributed by atoms with Gasteiger partial charge in [-0.1, -0.05) is 0 Å². The maximum absolute atomic E-state index is 12.8. The van der Waals surface area contributed by atoms with Crippen LogP contribution in [0.4, 0.5) is 5.82 Å². The molecular weight excluding hydrogens is 328 g/mol. The number of amides is 1. The van der Waals surface area contributed by atoms with Crippen molar-refractivity contribution in [1.29, 1.82) is 0 Å². The molecule has 2 aromatic heterocycles. The molecule has 0 radical (unpaired) electrons. The number of hydrogen-bond donors (Lipinski definition) is 1. The number of anilines is 1. The molecule has 128 valence electrons. The van der Waals surface area contributed by atoms with Crippen LogP contribution < -0.4 is 10.2 Å². The van der Waals surface area contributed by atoms with Gasteiger partial charge in [-0.2, -0.15) is 16.4 Å². The molecule has 2 atom stereocenters. The molecule has 0 bridgehead atoms. The van der Waals surface area contributed by atoms with Gasteiger partial charge in [0.1, 0.15) is 6.04 Å². The Labute approximate surface area is 144 Å². The molecule has 2 aromatic rings. The first-order valence-electron chi connectivity index (χ1n) is 7.77. The molecule has 0 saturated carbocycles. The van der Waals surface area contributed by atoms with E-state index in [2.05, 4.69) is 10.4 Å². The fourth-order valence-electron chi connectivity index (χ4n) is 2.86. The van der Waals surface area contributed by atoms with Gasteiger partial charge in [-0.05, 0) is 35.2 Å². The predicted molar refractivity (Wildman–Crippen MR) is 90.8 cm³/mol. The maximum atomic E-state index is 12.8. The van der Waals surface area contributed by atoms with Crippen molar-refractivity contribution in [3.63, 3.8) is 0 Å². The smallest absolute Gasteiger partial charge is 0.327 e. The number of carbonyl (C=O) groups excluding carboxylic acids is 2. The van der Waals surface area contributed by atoms with Crippen molar-refractivity contribution in [2.75, 3.05) is 18.6 Å². The Balaban J connectivity index is 1.77. The highest BCUT2D eigenvalue weighted by atomic mass is 32.1. The van der Waals surface area contributed by atoms with Gasteiger partial charge in [0, 0.05) is 25.9 Å². The molecule has 1 aliphatic rings. The lowest BCUT2D eigenvalue weighted by Gasteiger charge is -2.33. The molecule has 1 fully saturated rings. The first-order chi connectivity index (χ1) is 11.6. The highest BCUT2D eigenvalue weighted by Gasteiger charge is 2.34. The van der Waals surface area contributed by atoms with Gasteiger partial charge in [0.15, 0.2) is 5.82 Å². The van der Waals surface area contributed by atoms with Crippen LogP contribution >= 0.6 is 11.3 Å². The largest absolute Gasteiger partial charge is 0.468 e. The second kappa shape index (κ2) is 7.14. The van der Waals surface area contributed by atoms with Crippen LogP contribution in [-0.2, 0) is 21.4 Å². The number of nitrogens with one attached hydrogen (secondary N) is 1. The van der Waals surface area contributed by atoms with E-state index in [0.717, 1.165) is 12.0 Å². The number of aromatic nitrogens is 2. The van der Waals surface area contributed by atoms with Crippen molar-refractivity contribution in [3.8, 4) is 0 Å². The second-order valence-electron chi connectivity index (χ2n) is 5.71. The highest BCUT2D eigenvalue weighted by Crippen LogP contribution is 2.23. The molecular formula is C16H20N4O3S. The summed E-state index contributed by atoms with van der Waals surface area (Å²) in [6, 6.07) is 2.60. The molecule has 3 rings (SSSR count). The predicted octanol–water partition coefficient (Wildman–Crippen LogP) is 1.48. The van der Waals surface area contributed by atoms with Gasteiger partial charge >= 0.3 is 5.97 Å². The number of rotatable bonds is 5. The second-order valence-corrected chi connectivity index (χ2v) is 6.49. The Hall–Kier alpha value is -2.19. The summed E-state index contributed by atoms with van der Waals surface area (Å²) < 4.78 is 6.56. The fourth-order valence-corrected chi connectivity index (χ4v) is 3.55. The van der Waals surface area contributed by atoms with Gasteiger partial charge in [-0.15, -0.1) is 0 Å². The fraction of sp³-hybridized carbons (Fsp3) is 0.438. The third kappa shape index (κ3) is 3.34. The number of nitrogens with zero attached hydrogens (tertiary/aromatic N) is 3. The minimum Gasteiger partial charge on any atom is -0.468 e. The molecule has 1 saturated heterocycles. The molecule has 0 aliphatic carbocycles. The van der Waals surface area contributed by atoms with E-state index in [1.165, 1.54) is 18.4 Å². The lowest BCUT2D eigenvalue weighted by atomic mass is 10.0. The van der Waals surface area contributed by atoms with Crippen molar-refractivity contribution in [1.82, 2.24) is 15.1 Å². The number of thiophene rings is 1. The number of carbonyl (C=O) groups is 2. The molecule has 3 heterocycles. The molecule has 1 amide bonds. The Morgan fingerprint density at radius 1 is 1.50 bits per heavy atom. The van der Waals surface area contributed by atoms with Crippen LogP contribution in [0.5, 0.6) is 0 Å². The molecule has 1 aliphatic heterocycles. The van der Waals surface area contributed by atoms with Crippen molar-refractivity contribution in [2.24, 2.45) is 7.05 Å². The number of ether oxygens (including phenoxy) is 1. The molecule has 0 unspecified atom stereocenters. The van der Waals surface area contributed by atoms with Crippen molar-refractivity contribution >= 4 is 29.0 Å². The van der Waals surface area contributed by atoms with E-state index in [4.69, 9.17) is 4.74 Å². The summed E-state index contributed by atoms with van der Waals surface area (Å²) in [4.78, 5) is 26.6. The molecule has 0 aromatic carbocycles. The van der Waals surface area contributed by atoms with Crippen LogP contribution in [0.2, 0.25) is 0 Å². The average molecular weight is 348 g/mol. The van der Waals surface area contributed by atoms with E-state index in [0.29, 0.717) is 18.8 Å². The molecule has 7 nitrogen and oxygen atoms in total. The van der Waals surface area contributed by atoms with Crippen molar-refractivity contribution in [3.05, 3.63) is 34.7 Å². The van der Waals surface area contributed by atoms with E-state index in [1.54, 1.807) is 9.58 Å². The lowest BCUT2D eigenvalue weighted by molar-refractivity contribution is -0.143. The summed E-state index contributed by atoms with van der Waals surface area (Å²) >= 11 is 1.50. The first kappa shape index (κ1) is 16.7. The van der Waals surface area contributed by atoms with E-state index in [1.807, 2.05) is 36.1 Å². The Morgan fingerprint density at radius 3 is 2.96 bits per heavy atom. The molecule has 0 spiro atoms. The van der Waals surface area contributed by atoms with Gasteiger partial charge in [-0.3, -0.25) is 19.7 Å². The maximum Gasteiger partial charge on any atom is 0.327 e. The summed E-state index contributed by atoms with van der Waals surface area (Å²) in [5, 5.41) is 11.3. The van der Waals surface area contributed by atoms with Crippen LogP contribution in [0.25, 0.3) is 0 Å². The van der Waals surface area contributed by atoms with Gasteiger partial charge in [0.2, 0.25) is 5.91 Å². The van der Waals surface area contributed by atoms with Crippen LogP contribution in [0.3, 0.4) is 0 Å². The van der Waals surface area contributed by atoms with Crippen molar-refractivity contribution < 1.29 is 14.3 Å². The SMILES string of the molecule is COC(=O)[C@@H](N[C@@H]1CCCN(c2ccn(C)n2)C1=O)c1ccsc1. The standard InChI is InChI=1S/C16H20N4O3S/c1-19-8-5-13(18-19)20-7-3-4-12(15(20)21)17-14(16(22)23-2)11-6-9-24-10-11/h5-6,8-10,12,14,17H,3-4,7H2,1-2H3/t12-,14+/m1/s1. The lowest BCUT2D eigenvalue weighted by Crippen LogP contribution is -2.53. The number of esters is 1. The van der Waals surface area contributed by atoms with E-state index < -0.39 is 18.1 Å². The molecule has 8 heteroatoms. The summed E-state index contributed by atoms with van der Waals surface area (Å²) in [5.41, 5.74) is 0.814. The molecule has 24 heavy (non-hydrogen) atoms. The minimum atomic E-state index is -0.640. The summed E-state index contributed by atoms with van der Waals surface area (Å²) in [7, 11) is 3.17. The average Bonchev–Trinajstić information content (AvgIpc) is 3.25. The van der Waals surface area contributed by atoms with Gasteiger partial charge in [0.25, 0.3) is 0 Å². The Kier molecular flexibility index (Phi) is 4.96. The zero-order valence-electron chi connectivity index (χ0n) is 13.6. The molecule has 1 N–H and O–H groups in total. The summed E-state index contributed by atoms with van der Waals surface area (Å²) in [5.74, 6) is 0.180. The number of hydrogen-bond acceptors (Lipinski definition) is 6. The normalized spacial score (nSPS) is 19.3. The van der Waals surface area contributed by atoms with Crippen LogP contribution in [0, 0.1) is 0 Å². The van der Waals surface area contributed by atoms with E-state index in [-0.39, 0.29) is 5.91 Å². The van der Waals surface area contributed by atoms with Crippen LogP contribution in [0.1, 0.15) is 24.4 Å². The van der Waals surface area contributed by atoms with Crippen molar-refractivity contribution in [2.45, 2.75) is 24.9 Å². The van der Waals surface area contributed by atoms with Gasteiger partial charge in [-0.25, -0.2) is 4.79 Å².